The molecule has 0 saturated heterocycles. The largest absolute Gasteiger partial charge is 0.310 e. The van der Waals surface area contributed by atoms with Crippen LogP contribution in [-0.2, 0) is 6.54 Å². The molecule has 0 aliphatic rings. The van der Waals surface area contributed by atoms with E-state index in [1.54, 1.807) is 11.3 Å². The Kier molecular flexibility index (Phi) is 4.86. The van der Waals surface area contributed by atoms with Crippen molar-refractivity contribution in [1.82, 2.24) is 15.5 Å². The van der Waals surface area contributed by atoms with Crippen LogP contribution in [0.1, 0.15) is 18.9 Å². The Bertz CT molecular complexity index is 510. The summed E-state index contributed by atoms with van der Waals surface area (Å²) in [5.74, 6) is 0.653. The lowest BCUT2D eigenvalue weighted by Gasteiger charge is -2.04. The molecule has 0 bridgehead atoms. The van der Waals surface area contributed by atoms with Gasteiger partial charge in [-0.3, -0.25) is 0 Å². The number of nitrogens with one attached hydrogen (secondary N) is 1. The van der Waals surface area contributed by atoms with Crippen LogP contribution < -0.4 is 5.32 Å². The monoisotopic (exact) mass is 325 g/mol. The van der Waals surface area contributed by atoms with E-state index in [2.05, 4.69) is 51.4 Å². The second-order valence-electron chi connectivity index (χ2n) is 4.51. The van der Waals surface area contributed by atoms with Crippen molar-refractivity contribution in [2.24, 2.45) is 5.92 Å². The Labute approximate surface area is 120 Å². The summed E-state index contributed by atoms with van der Waals surface area (Å²) in [6.07, 6.45) is 0. The molecule has 1 aromatic carbocycles. The van der Waals surface area contributed by atoms with Crippen LogP contribution in [0.25, 0.3) is 10.6 Å². The average Bonchev–Trinajstić information content (AvgIpc) is 2.78. The Balaban J connectivity index is 2.04. The SMILES string of the molecule is CC(C)CNCc1nnc(-c2ccccc2Br)s1. The zero-order valence-electron chi connectivity index (χ0n) is 10.5. The predicted molar refractivity (Wildman–Crippen MR) is 79.6 cm³/mol. The molecule has 0 spiro atoms. The first kappa shape index (κ1) is 13.6. The van der Waals surface area contributed by atoms with Crippen LogP contribution in [0.4, 0.5) is 0 Å². The molecule has 2 rings (SSSR count). The van der Waals surface area contributed by atoms with Gasteiger partial charge < -0.3 is 5.32 Å². The Hall–Kier alpha value is -0.780. The molecule has 5 heteroatoms. The lowest BCUT2D eigenvalue weighted by atomic mass is 10.2. The van der Waals surface area contributed by atoms with Crippen LogP contribution >= 0.6 is 27.3 Å². The van der Waals surface area contributed by atoms with Crippen molar-refractivity contribution < 1.29 is 0 Å². The summed E-state index contributed by atoms with van der Waals surface area (Å²) in [6.45, 7) is 6.18. The standard InChI is InChI=1S/C13H16BrN3S/c1-9(2)7-15-8-12-16-17-13(18-12)10-5-3-4-6-11(10)14/h3-6,9,15H,7-8H2,1-2H3. The van der Waals surface area contributed by atoms with E-state index in [1.807, 2.05) is 18.2 Å². The number of nitrogens with zero attached hydrogens (tertiary/aromatic N) is 2. The maximum atomic E-state index is 4.24. The molecule has 18 heavy (non-hydrogen) atoms. The number of aromatic nitrogens is 2. The summed E-state index contributed by atoms with van der Waals surface area (Å²) in [7, 11) is 0. The molecule has 0 unspecified atom stereocenters. The Morgan fingerprint density at radius 3 is 2.78 bits per heavy atom. The summed E-state index contributed by atoms with van der Waals surface area (Å²) in [5, 5.41) is 13.8. The summed E-state index contributed by atoms with van der Waals surface area (Å²) in [5.41, 5.74) is 1.10. The zero-order valence-corrected chi connectivity index (χ0v) is 12.9. The number of halogens is 1. The minimum Gasteiger partial charge on any atom is -0.310 e. The van der Waals surface area contributed by atoms with E-state index < -0.39 is 0 Å². The molecule has 0 saturated carbocycles. The second-order valence-corrected chi connectivity index (χ2v) is 6.42. The Morgan fingerprint density at radius 1 is 1.28 bits per heavy atom. The Morgan fingerprint density at radius 2 is 2.06 bits per heavy atom. The molecule has 1 aromatic heterocycles. The van der Waals surface area contributed by atoms with Crippen LogP contribution in [0.15, 0.2) is 28.7 Å². The quantitative estimate of drug-likeness (QED) is 0.910. The van der Waals surface area contributed by atoms with Gasteiger partial charge in [-0.15, -0.1) is 10.2 Å². The van der Waals surface area contributed by atoms with Gasteiger partial charge in [-0.2, -0.15) is 0 Å². The van der Waals surface area contributed by atoms with Crippen LogP contribution in [0.3, 0.4) is 0 Å². The predicted octanol–water partition coefficient (Wildman–Crippen LogP) is 3.71. The first-order valence-electron chi connectivity index (χ1n) is 5.95. The number of hydrogen-bond acceptors (Lipinski definition) is 4. The molecule has 0 radical (unpaired) electrons. The van der Waals surface area contributed by atoms with Gasteiger partial charge in [-0.05, 0) is 18.5 Å². The fourth-order valence-electron chi connectivity index (χ4n) is 1.54. The molecule has 0 aliphatic carbocycles. The highest BCUT2D eigenvalue weighted by molar-refractivity contribution is 9.10. The fraction of sp³-hybridized carbons (Fsp3) is 0.385. The van der Waals surface area contributed by atoms with Gasteiger partial charge in [0.05, 0.1) is 0 Å². The normalized spacial score (nSPS) is 11.1. The van der Waals surface area contributed by atoms with E-state index in [4.69, 9.17) is 0 Å². The molecular weight excluding hydrogens is 310 g/mol. The maximum absolute atomic E-state index is 4.24. The molecule has 0 amide bonds. The van der Waals surface area contributed by atoms with Crippen LogP contribution in [-0.4, -0.2) is 16.7 Å². The van der Waals surface area contributed by atoms with Gasteiger partial charge in [-0.25, -0.2) is 0 Å². The van der Waals surface area contributed by atoms with Gasteiger partial charge in [-0.1, -0.05) is 59.3 Å². The lowest BCUT2D eigenvalue weighted by Crippen LogP contribution is -2.18. The van der Waals surface area contributed by atoms with Crippen molar-refractivity contribution in [3.05, 3.63) is 33.7 Å². The molecular formula is C13H16BrN3S. The van der Waals surface area contributed by atoms with Gasteiger partial charge in [0, 0.05) is 16.6 Å². The minimum atomic E-state index is 0.653. The smallest absolute Gasteiger partial charge is 0.148 e. The second kappa shape index (κ2) is 6.41. The number of hydrogen-bond donors (Lipinski definition) is 1. The minimum absolute atomic E-state index is 0.653. The van der Waals surface area contributed by atoms with E-state index in [-0.39, 0.29) is 0 Å². The third-order valence-corrected chi connectivity index (χ3v) is 4.05. The summed E-state index contributed by atoms with van der Waals surface area (Å²) < 4.78 is 1.06. The van der Waals surface area contributed by atoms with E-state index in [1.165, 1.54) is 0 Å². The van der Waals surface area contributed by atoms with Crippen molar-refractivity contribution >= 4 is 27.3 Å². The highest BCUT2D eigenvalue weighted by Crippen LogP contribution is 2.29. The van der Waals surface area contributed by atoms with Crippen LogP contribution in [0.5, 0.6) is 0 Å². The van der Waals surface area contributed by atoms with E-state index in [0.29, 0.717) is 5.92 Å². The van der Waals surface area contributed by atoms with Crippen molar-refractivity contribution in [2.75, 3.05) is 6.54 Å². The molecule has 2 aromatic rings. The maximum Gasteiger partial charge on any atom is 0.148 e. The van der Waals surface area contributed by atoms with Crippen LogP contribution in [0.2, 0.25) is 0 Å². The molecule has 96 valence electrons. The molecule has 0 aliphatic heterocycles. The van der Waals surface area contributed by atoms with Crippen LogP contribution in [0, 0.1) is 5.92 Å². The van der Waals surface area contributed by atoms with Gasteiger partial charge in [0.2, 0.25) is 0 Å². The summed E-state index contributed by atoms with van der Waals surface area (Å²) >= 11 is 5.17. The van der Waals surface area contributed by atoms with Gasteiger partial charge >= 0.3 is 0 Å². The van der Waals surface area contributed by atoms with E-state index in [0.717, 1.165) is 33.1 Å². The zero-order chi connectivity index (χ0) is 13.0. The number of benzene rings is 1. The summed E-state index contributed by atoms with van der Waals surface area (Å²) in [6, 6.07) is 8.08. The van der Waals surface area contributed by atoms with Gasteiger partial charge in [0.25, 0.3) is 0 Å². The summed E-state index contributed by atoms with van der Waals surface area (Å²) in [4.78, 5) is 0. The topological polar surface area (TPSA) is 37.8 Å². The van der Waals surface area contributed by atoms with Crippen molar-refractivity contribution in [2.45, 2.75) is 20.4 Å². The molecule has 1 N–H and O–H groups in total. The number of rotatable bonds is 5. The van der Waals surface area contributed by atoms with E-state index in [9.17, 15) is 0 Å². The molecule has 3 nitrogen and oxygen atoms in total. The third kappa shape index (κ3) is 3.60. The average molecular weight is 326 g/mol. The van der Waals surface area contributed by atoms with Crippen molar-refractivity contribution in [3.8, 4) is 10.6 Å². The molecule has 0 atom stereocenters. The molecule has 1 heterocycles. The first-order chi connectivity index (χ1) is 8.66. The van der Waals surface area contributed by atoms with Crippen molar-refractivity contribution in [3.63, 3.8) is 0 Å². The van der Waals surface area contributed by atoms with Gasteiger partial charge in [0.1, 0.15) is 10.0 Å². The van der Waals surface area contributed by atoms with Gasteiger partial charge in [0.15, 0.2) is 0 Å². The van der Waals surface area contributed by atoms with Crippen molar-refractivity contribution in [1.29, 1.82) is 0 Å². The third-order valence-electron chi connectivity index (χ3n) is 2.40. The van der Waals surface area contributed by atoms with E-state index >= 15 is 0 Å². The molecule has 0 fully saturated rings. The lowest BCUT2D eigenvalue weighted by molar-refractivity contribution is 0.550. The fourth-order valence-corrected chi connectivity index (χ4v) is 2.99. The highest BCUT2D eigenvalue weighted by Gasteiger charge is 2.09. The first-order valence-corrected chi connectivity index (χ1v) is 7.55. The highest BCUT2D eigenvalue weighted by atomic mass is 79.9.